The zero-order valence-corrected chi connectivity index (χ0v) is 21.9. The van der Waals surface area contributed by atoms with Gasteiger partial charge in [0.05, 0.1) is 29.2 Å². The fraction of sp³-hybridized carbons (Fsp3) is 0.219. The van der Waals surface area contributed by atoms with Crippen molar-refractivity contribution in [2.24, 2.45) is 0 Å². The van der Waals surface area contributed by atoms with Crippen LogP contribution in [0.25, 0.3) is 27.4 Å². The van der Waals surface area contributed by atoms with Crippen LogP contribution >= 0.6 is 0 Å². The summed E-state index contributed by atoms with van der Waals surface area (Å²) < 4.78 is 7.02. The molecule has 0 aliphatic heterocycles. The van der Waals surface area contributed by atoms with Crippen molar-refractivity contribution in [2.75, 3.05) is 20.3 Å². The normalized spacial score (nSPS) is 12.1. The summed E-state index contributed by atoms with van der Waals surface area (Å²) in [7, 11) is 1.62. The molecular formula is C32H31N3O3. The first-order valence-corrected chi connectivity index (χ1v) is 12.9. The monoisotopic (exact) mass is 505 g/mol. The van der Waals surface area contributed by atoms with Gasteiger partial charge in [0.25, 0.3) is 11.5 Å². The minimum absolute atomic E-state index is 0.137. The first-order chi connectivity index (χ1) is 18.5. The van der Waals surface area contributed by atoms with Crippen LogP contribution in [0.1, 0.15) is 41.6 Å². The molecule has 4 aromatic carbocycles. The summed E-state index contributed by atoms with van der Waals surface area (Å²) in [6.45, 7) is 4.71. The van der Waals surface area contributed by atoms with Crippen LogP contribution in [0.5, 0.6) is 0 Å². The van der Waals surface area contributed by atoms with E-state index in [9.17, 15) is 9.59 Å². The van der Waals surface area contributed by atoms with Crippen molar-refractivity contribution < 1.29 is 9.53 Å². The molecule has 0 bridgehead atoms. The molecule has 1 atom stereocenters. The van der Waals surface area contributed by atoms with Gasteiger partial charge < -0.3 is 9.64 Å². The highest BCUT2D eigenvalue weighted by molar-refractivity contribution is 6.07. The predicted molar refractivity (Wildman–Crippen MR) is 152 cm³/mol. The van der Waals surface area contributed by atoms with E-state index >= 15 is 0 Å². The Kier molecular flexibility index (Phi) is 7.33. The zero-order valence-electron chi connectivity index (χ0n) is 21.9. The fourth-order valence-corrected chi connectivity index (χ4v) is 4.93. The van der Waals surface area contributed by atoms with Gasteiger partial charge in [-0.1, -0.05) is 67.6 Å². The van der Waals surface area contributed by atoms with E-state index in [0.717, 1.165) is 22.9 Å². The summed E-state index contributed by atoms with van der Waals surface area (Å²) in [5.74, 6) is 0.365. The number of hydrogen-bond donors (Lipinski definition) is 0. The van der Waals surface area contributed by atoms with Gasteiger partial charge in [0.1, 0.15) is 5.82 Å². The van der Waals surface area contributed by atoms with Crippen LogP contribution in [-0.4, -0.2) is 40.6 Å². The smallest absolute Gasteiger partial charge is 0.266 e. The average molecular weight is 506 g/mol. The molecule has 5 aromatic rings. The van der Waals surface area contributed by atoms with Crippen LogP contribution in [0.3, 0.4) is 0 Å². The summed E-state index contributed by atoms with van der Waals surface area (Å²) in [4.78, 5) is 34.7. The van der Waals surface area contributed by atoms with Crippen molar-refractivity contribution >= 4 is 27.6 Å². The van der Waals surface area contributed by atoms with Crippen LogP contribution in [0.15, 0.2) is 95.8 Å². The Morgan fingerprint density at radius 1 is 0.921 bits per heavy atom. The van der Waals surface area contributed by atoms with E-state index in [4.69, 9.17) is 9.72 Å². The second-order valence-corrected chi connectivity index (χ2v) is 9.34. The molecule has 192 valence electrons. The maximum atomic E-state index is 14.1. The molecule has 1 amide bonds. The van der Waals surface area contributed by atoms with Gasteiger partial charge in [-0.3, -0.25) is 14.2 Å². The lowest BCUT2D eigenvalue weighted by Gasteiger charge is -2.31. The first-order valence-electron chi connectivity index (χ1n) is 12.9. The third kappa shape index (κ3) is 4.71. The van der Waals surface area contributed by atoms with Crippen molar-refractivity contribution in [1.29, 1.82) is 0 Å². The van der Waals surface area contributed by atoms with Crippen molar-refractivity contribution in [3.8, 4) is 5.69 Å². The molecule has 0 aliphatic carbocycles. The molecular weight excluding hydrogens is 474 g/mol. The molecule has 5 rings (SSSR count). The van der Waals surface area contributed by atoms with Crippen molar-refractivity contribution in [3.63, 3.8) is 0 Å². The van der Waals surface area contributed by atoms with Gasteiger partial charge >= 0.3 is 0 Å². The van der Waals surface area contributed by atoms with Gasteiger partial charge in [-0.2, -0.15) is 0 Å². The van der Waals surface area contributed by atoms with Crippen molar-refractivity contribution in [2.45, 2.75) is 26.3 Å². The van der Waals surface area contributed by atoms with E-state index in [2.05, 4.69) is 6.92 Å². The number of hydrogen-bond acceptors (Lipinski definition) is 4. The van der Waals surface area contributed by atoms with Gasteiger partial charge in [0.2, 0.25) is 0 Å². The van der Waals surface area contributed by atoms with E-state index < -0.39 is 6.04 Å². The number of ether oxygens (including phenoxy) is 1. The van der Waals surface area contributed by atoms with Crippen LogP contribution in [0.4, 0.5) is 0 Å². The highest BCUT2D eigenvalue weighted by Gasteiger charge is 2.28. The number of para-hydroxylation sites is 1. The maximum Gasteiger partial charge on any atom is 0.266 e. The summed E-state index contributed by atoms with van der Waals surface area (Å²) in [5.41, 5.74) is 2.94. The SMILES string of the molecule is CCc1ccc(-n2c(C(C)N(CCOC)C(=O)c3cccc4ccccc34)nc3ccccc3c2=O)cc1. The quantitative estimate of drug-likeness (QED) is 0.261. The molecule has 0 aliphatic rings. The van der Waals surface area contributed by atoms with E-state index in [1.54, 1.807) is 22.6 Å². The Hall–Kier alpha value is -4.29. The number of methoxy groups -OCH3 is 1. The molecule has 38 heavy (non-hydrogen) atoms. The predicted octanol–water partition coefficient (Wildman–Crippen LogP) is 5.95. The minimum Gasteiger partial charge on any atom is -0.383 e. The van der Waals surface area contributed by atoms with Crippen LogP contribution in [0.2, 0.25) is 0 Å². The first kappa shape index (κ1) is 25.4. The molecule has 0 fully saturated rings. The Bertz CT molecular complexity index is 1650. The lowest BCUT2D eigenvalue weighted by atomic mass is 10.0. The highest BCUT2D eigenvalue weighted by Crippen LogP contribution is 2.27. The number of benzene rings is 4. The Balaban J connectivity index is 1.68. The van der Waals surface area contributed by atoms with Gasteiger partial charge in [0, 0.05) is 19.2 Å². The zero-order chi connectivity index (χ0) is 26.6. The minimum atomic E-state index is -0.514. The standard InChI is InChI=1S/C32H31N3O3/c1-4-23-16-18-25(19-17-23)35-30(33-29-15-8-7-13-28(29)32(35)37)22(2)34(20-21-38-3)31(36)27-14-9-11-24-10-5-6-12-26(24)27/h5-19,22H,4,20-21H2,1-3H3. The molecule has 1 unspecified atom stereocenters. The van der Waals surface area contributed by atoms with Crippen LogP contribution < -0.4 is 5.56 Å². The topological polar surface area (TPSA) is 64.4 Å². The number of amides is 1. The number of rotatable bonds is 8. The summed E-state index contributed by atoms with van der Waals surface area (Å²) in [5, 5.41) is 2.41. The molecule has 6 heteroatoms. The van der Waals surface area contributed by atoms with Crippen LogP contribution in [-0.2, 0) is 11.2 Å². The lowest BCUT2D eigenvalue weighted by molar-refractivity contribution is 0.0607. The van der Waals surface area contributed by atoms with E-state index in [1.165, 1.54) is 5.56 Å². The highest BCUT2D eigenvalue weighted by atomic mass is 16.5. The number of nitrogens with zero attached hydrogens (tertiary/aromatic N) is 3. The van der Waals surface area contributed by atoms with E-state index in [-0.39, 0.29) is 11.5 Å². The number of fused-ring (bicyclic) bond motifs is 2. The Labute approximate surface area is 222 Å². The molecule has 1 heterocycles. The van der Waals surface area contributed by atoms with Gasteiger partial charge in [0.15, 0.2) is 0 Å². The fourth-order valence-electron chi connectivity index (χ4n) is 4.93. The molecule has 0 N–H and O–H groups in total. The molecule has 0 saturated heterocycles. The largest absolute Gasteiger partial charge is 0.383 e. The lowest BCUT2D eigenvalue weighted by Crippen LogP contribution is -2.39. The molecule has 6 nitrogen and oxygen atoms in total. The Morgan fingerprint density at radius 2 is 1.61 bits per heavy atom. The van der Waals surface area contributed by atoms with Gasteiger partial charge in [-0.25, -0.2) is 4.98 Å². The van der Waals surface area contributed by atoms with E-state index in [0.29, 0.717) is 35.4 Å². The molecule has 0 radical (unpaired) electrons. The summed E-state index contributed by atoms with van der Waals surface area (Å²) in [6, 6.07) is 28.4. The second kappa shape index (κ2) is 11.0. The van der Waals surface area contributed by atoms with Gasteiger partial charge in [-0.05, 0) is 60.0 Å². The number of aryl methyl sites for hydroxylation is 1. The summed E-state index contributed by atoms with van der Waals surface area (Å²) >= 11 is 0. The number of aromatic nitrogens is 2. The maximum absolute atomic E-state index is 14.1. The molecule has 0 spiro atoms. The number of carbonyl (C=O) groups excluding carboxylic acids is 1. The Morgan fingerprint density at radius 3 is 2.34 bits per heavy atom. The summed E-state index contributed by atoms with van der Waals surface area (Å²) in [6.07, 6.45) is 0.902. The molecule has 0 saturated carbocycles. The third-order valence-corrected chi connectivity index (χ3v) is 7.06. The van der Waals surface area contributed by atoms with Crippen LogP contribution in [0, 0.1) is 0 Å². The van der Waals surface area contributed by atoms with Crippen molar-refractivity contribution in [3.05, 3.63) is 118 Å². The van der Waals surface area contributed by atoms with E-state index in [1.807, 2.05) is 91.9 Å². The molecule has 1 aromatic heterocycles. The second-order valence-electron chi connectivity index (χ2n) is 9.34. The number of carbonyl (C=O) groups is 1. The third-order valence-electron chi connectivity index (χ3n) is 7.06. The van der Waals surface area contributed by atoms with Crippen molar-refractivity contribution in [1.82, 2.24) is 14.5 Å². The van der Waals surface area contributed by atoms with Gasteiger partial charge in [-0.15, -0.1) is 0 Å². The average Bonchev–Trinajstić information content (AvgIpc) is 2.97.